The van der Waals surface area contributed by atoms with E-state index in [0.29, 0.717) is 31.5 Å². The molecule has 1 aliphatic rings. The number of carbonyl (C=O) groups excluding carboxylic acids is 2. The Morgan fingerprint density at radius 3 is 2.60 bits per heavy atom. The molecule has 0 aliphatic carbocycles. The molecule has 0 spiro atoms. The average Bonchev–Trinajstić information content (AvgIpc) is 2.90. The molecular weight excluding hydrogens is 337 g/mol. The third-order valence-electron chi connectivity index (χ3n) is 4.16. The minimum absolute atomic E-state index is 0.176. The number of nitrogens with zero attached hydrogens (tertiary/aromatic N) is 1. The molecular formula is C17H21F3N2O3. The van der Waals surface area contributed by atoms with Crippen LogP contribution < -0.4 is 5.32 Å². The van der Waals surface area contributed by atoms with Crippen LogP contribution in [-0.2, 0) is 16.1 Å². The smallest absolute Gasteiger partial charge is 0.406 e. The summed E-state index contributed by atoms with van der Waals surface area (Å²) in [6.07, 6.45) is -3.25. The molecule has 8 heteroatoms. The summed E-state index contributed by atoms with van der Waals surface area (Å²) in [5.74, 6) is -0.837. The van der Waals surface area contributed by atoms with E-state index in [1.54, 1.807) is 24.3 Å². The maximum atomic E-state index is 12.5. The van der Waals surface area contributed by atoms with Crippen LogP contribution >= 0.6 is 0 Å². The summed E-state index contributed by atoms with van der Waals surface area (Å²) < 4.78 is 42.2. The van der Waals surface area contributed by atoms with E-state index in [1.807, 2.05) is 0 Å². The highest BCUT2D eigenvalue weighted by molar-refractivity contribution is 5.89. The molecule has 25 heavy (non-hydrogen) atoms. The van der Waals surface area contributed by atoms with Crippen molar-refractivity contribution in [1.82, 2.24) is 10.2 Å². The molecule has 2 rings (SSSR count). The van der Waals surface area contributed by atoms with Crippen molar-refractivity contribution in [3.05, 3.63) is 35.4 Å². The first-order valence-corrected chi connectivity index (χ1v) is 8.04. The van der Waals surface area contributed by atoms with E-state index in [-0.39, 0.29) is 12.5 Å². The van der Waals surface area contributed by atoms with Gasteiger partial charge in [-0.2, -0.15) is 13.2 Å². The Morgan fingerprint density at radius 1 is 1.32 bits per heavy atom. The largest absolute Gasteiger partial charge is 0.465 e. The monoisotopic (exact) mass is 358 g/mol. The van der Waals surface area contributed by atoms with Crippen molar-refractivity contribution in [3.8, 4) is 0 Å². The van der Waals surface area contributed by atoms with Gasteiger partial charge in [0.2, 0.25) is 5.91 Å². The summed E-state index contributed by atoms with van der Waals surface area (Å²) in [6.45, 7) is -0.141. The number of nitrogens with one attached hydrogen (secondary N) is 1. The van der Waals surface area contributed by atoms with E-state index in [1.165, 1.54) is 7.11 Å². The molecule has 1 saturated heterocycles. The topological polar surface area (TPSA) is 58.6 Å². The Kier molecular flexibility index (Phi) is 6.41. The Hall–Kier alpha value is -2.09. The standard InChI is InChI=1S/C17H21F3N2O3/c1-25-16(24)13-4-2-12(3-5-13)10-21-9-8-14-6-7-15(23)22(14)11-17(18,19)20/h2-5,14,21H,6-11H2,1H3. The number of benzene rings is 1. The lowest BCUT2D eigenvalue weighted by Gasteiger charge is -2.26. The number of rotatable bonds is 7. The quantitative estimate of drug-likeness (QED) is 0.601. The molecule has 1 atom stereocenters. The van der Waals surface area contributed by atoms with Crippen LogP contribution in [0.3, 0.4) is 0 Å². The van der Waals surface area contributed by atoms with Crippen molar-refractivity contribution in [2.75, 3.05) is 20.2 Å². The van der Waals surface area contributed by atoms with Gasteiger partial charge in [-0.3, -0.25) is 4.79 Å². The molecule has 0 saturated carbocycles. The Morgan fingerprint density at radius 2 is 2.00 bits per heavy atom. The van der Waals surface area contributed by atoms with Gasteiger partial charge in [0.15, 0.2) is 0 Å². The number of likely N-dealkylation sites (tertiary alicyclic amines) is 1. The van der Waals surface area contributed by atoms with Gasteiger partial charge in [-0.15, -0.1) is 0 Å². The molecule has 1 amide bonds. The second-order valence-electron chi connectivity index (χ2n) is 5.98. The Balaban J connectivity index is 1.76. The summed E-state index contributed by atoms with van der Waals surface area (Å²) in [5, 5.41) is 3.15. The lowest BCUT2D eigenvalue weighted by Crippen LogP contribution is -2.41. The molecule has 1 aromatic rings. The predicted octanol–water partition coefficient (Wildman–Crippen LogP) is 2.51. The zero-order valence-corrected chi connectivity index (χ0v) is 13.9. The first kappa shape index (κ1) is 19.2. The fraction of sp³-hybridized carbons (Fsp3) is 0.529. The van der Waals surface area contributed by atoms with E-state index in [9.17, 15) is 22.8 Å². The molecule has 138 valence electrons. The van der Waals surface area contributed by atoms with E-state index >= 15 is 0 Å². The number of ether oxygens (including phenoxy) is 1. The van der Waals surface area contributed by atoms with Crippen molar-refractivity contribution < 1.29 is 27.5 Å². The van der Waals surface area contributed by atoms with Crippen LogP contribution in [0.2, 0.25) is 0 Å². The number of hydrogen-bond acceptors (Lipinski definition) is 4. The van der Waals surface area contributed by atoms with E-state index in [4.69, 9.17) is 0 Å². The third kappa shape index (κ3) is 5.74. The maximum Gasteiger partial charge on any atom is 0.406 e. The normalized spacial score (nSPS) is 17.8. The summed E-state index contributed by atoms with van der Waals surface area (Å²) in [6, 6.07) is 6.51. The molecule has 1 aliphatic heterocycles. The first-order valence-electron chi connectivity index (χ1n) is 8.04. The van der Waals surface area contributed by atoms with Gasteiger partial charge in [0.25, 0.3) is 0 Å². The van der Waals surface area contributed by atoms with Gasteiger partial charge >= 0.3 is 12.1 Å². The van der Waals surface area contributed by atoms with Crippen LogP contribution in [-0.4, -0.2) is 49.2 Å². The minimum Gasteiger partial charge on any atom is -0.465 e. The molecule has 1 unspecified atom stereocenters. The van der Waals surface area contributed by atoms with Gasteiger partial charge in [-0.05, 0) is 37.1 Å². The molecule has 1 aromatic carbocycles. The zero-order valence-electron chi connectivity index (χ0n) is 13.9. The minimum atomic E-state index is -4.37. The van der Waals surface area contributed by atoms with Crippen LogP contribution in [0.1, 0.15) is 35.2 Å². The first-order chi connectivity index (χ1) is 11.8. The van der Waals surface area contributed by atoms with Gasteiger partial charge in [-0.25, -0.2) is 4.79 Å². The lowest BCUT2D eigenvalue weighted by atomic mass is 10.1. The molecule has 5 nitrogen and oxygen atoms in total. The Bertz CT molecular complexity index is 602. The maximum absolute atomic E-state index is 12.5. The van der Waals surface area contributed by atoms with Gasteiger partial charge < -0.3 is 15.0 Å². The lowest BCUT2D eigenvalue weighted by molar-refractivity contribution is -0.161. The van der Waals surface area contributed by atoms with Gasteiger partial charge in [0, 0.05) is 19.0 Å². The second-order valence-corrected chi connectivity index (χ2v) is 5.98. The van der Waals surface area contributed by atoms with Gasteiger partial charge in [0.05, 0.1) is 12.7 Å². The number of hydrogen-bond donors (Lipinski definition) is 1. The fourth-order valence-corrected chi connectivity index (χ4v) is 2.88. The molecule has 0 bridgehead atoms. The highest BCUT2D eigenvalue weighted by atomic mass is 19.4. The van der Waals surface area contributed by atoms with Crippen LogP contribution in [0.25, 0.3) is 0 Å². The number of alkyl halides is 3. The van der Waals surface area contributed by atoms with Crippen molar-refractivity contribution in [2.24, 2.45) is 0 Å². The summed E-state index contributed by atoms with van der Waals surface area (Å²) in [7, 11) is 1.31. The molecule has 1 fully saturated rings. The van der Waals surface area contributed by atoms with E-state index in [0.717, 1.165) is 10.5 Å². The molecule has 0 radical (unpaired) electrons. The highest BCUT2D eigenvalue weighted by Crippen LogP contribution is 2.26. The summed E-state index contributed by atoms with van der Waals surface area (Å²) in [4.78, 5) is 23.9. The molecule has 1 N–H and O–H groups in total. The van der Waals surface area contributed by atoms with Gasteiger partial charge in [-0.1, -0.05) is 12.1 Å². The van der Waals surface area contributed by atoms with Gasteiger partial charge in [0.1, 0.15) is 6.54 Å². The number of halogens is 3. The van der Waals surface area contributed by atoms with Crippen LogP contribution in [0, 0.1) is 0 Å². The third-order valence-corrected chi connectivity index (χ3v) is 4.16. The number of esters is 1. The SMILES string of the molecule is COC(=O)c1ccc(CNCCC2CCC(=O)N2CC(F)(F)F)cc1. The Labute approximate surface area is 144 Å². The highest BCUT2D eigenvalue weighted by Gasteiger charge is 2.39. The van der Waals surface area contributed by atoms with Crippen molar-refractivity contribution in [3.63, 3.8) is 0 Å². The van der Waals surface area contributed by atoms with Crippen molar-refractivity contribution >= 4 is 11.9 Å². The van der Waals surface area contributed by atoms with E-state index < -0.39 is 24.6 Å². The van der Waals surface area contributed by atoms with Crippen LogP contribution in [0.4, 0.5) is 13.2 Å². The summed E-state index contributed by atoms with van der Waals surface area (Å²) in [5.41, 5.74) is 1.40. The summed E-state index contributed by atoms with van der Waals surface area (Å²) >= 11 is 0. The number of amides is 1. The average molecular weight is 358 g/mol. The van der Waals surface area contributed by atoms with Crippen molar-refractivity contribution in [1.29, 1.82) is 0 Å². The van der Waals surface area contributed by atoms with Crippen molar-refractivity contribution in [2.45, 2.75) is 38.0 Å². The second kappa shape index (κ2) is 8.33. The number of carbonyl (C=O) groups is 2. The molecule has 1 heterocycles. The fourth-order valence-electron chi connectivity index (χ4n) is 2.88. The zero-order chi connectivity index (χ0) is 18.4. The van der Waals surface area contributed by atoms with Crippen LogP contribution in [0.15, 0.2) is 24.3 Å². The number of methoxy groups -OCH3 is 1. The van der Waals surface area contributed by atoms with Crippen LogP contribution in [0.5, 0.6) is 0 Å². The van der Waals surface area contributed by atoms with E-state index in [2.05, 4.69) is 10.1 Å². The molecule has 0 aromatic heterocycles. The predicted molar refractivity (Wildman–Crippen MR) is 84.9 cm³/mol.